The van der Waals surface area contributed by atoms with E-state index in [4.69, 9.17) is 4.74 Å². The van der Waals surface area contributed by atoms with E-state index in [0.717, 1.165) is 6.07 Å². The number of nitrogens with one attached hydrogen (secondary N) is 2. The van der Waals surface area contributed by atoms with E-state index in [1.165, 1.54) is 36.6 Å². The topological polar surface area (TPSA) is 67.4 Å². The van der Waals surface area contributed by atoms with Crippen LogP contribution in [0.5, 0.6) is 5.75 Å². The lowest BCUT2D eigenvalue weighted by atomic mass is 10.3. The van der Waals surface area contributed by atoms with Crippen LogP contribution in [0.1, 0.15) is 4.88 Å². The van der Waals surface area contributed by atoms with Crippen molar-refractivity contribution in [2.45, 2.75) is 11.4 Å². The number of sulfonamides is 1. The van der Waals surface area contributed by atoms with Crippen molar-refractivity contribution in [1.29, 1.82) is 0 Å². The fraction of sp³-hybridized carbons (Fsp3) is 0.231. The SMILES string of the molecule is CNCc1sccc1S(=O)(=O)Nc1cc(OC)ccc1F. The van der Waals surface area contributed by atoms with Gasteiger partial charge in [-0.1, -0.05) is 0 Å². The third kappa shape index (κ3) is 3.52. The minimum atomic E-state index is -3.85. The summed E-state index contributed by atoms with van der Waals surface area (Å²) in [6.45, 7) is 0.425. The van der Waals surface area contributed by atoms with Gasteiger partial charge in [0.1, 0.15) is 16.5 Å². The molecule has 0 spiro atoms. The highest BCUT2D eigenvalue weighted by atomic mass is 32.2. The van der Waals surface area contributed by atoms with Crippen LogP contribution in [0.4, 0.5) is 10.1 Å². The highest BCUT2D eigenvalue weighted by Gasteiger charge is 2.21. The molecular formula is C13H15FN2O3S2. The average molecular weight is 330 g/mol. The first-order valence-electron chi connectivity index (χ1n) is 6.05. The van der Waals surface area contributed by atoms with Crippen molar-refractivity contribution in [3.05, 3.63) is 40.3 Å². The second-order valence-corrected chi connectivity index (χ2v) is 6.84. The van der Waals surface area contributed by atoms with Gasteiger partial charge in [-0.3, -0.25) is 4.72 Å². The molecule has 0 radical (unpaired) electrons. The largest absolute Gasteiger partial charge is 0.497 e. The van der Waals surface area contributed by atoms with Gasteiger partial charge in [0.05, 0.1) is 12.8 Å². The summed E-state index contributed by atoms with van der Waals surface area (Å²) in [5.74, 6) is -0.292. The Morgan fingerprint density at radius 1 is 1.33 bits per heavy atom. The number of anilines is 1. The van der Waals surface area contributed by atoms with E-state index in [2.05, 4.69) is 10.0 Å². The number of hydrogen-bond donors (Lipinski definition) is 2. The molecule has 0 amide bonds. The van der Waals surface area contributed by atoms with E-state index in [-0.39, 0.29) is 10.6 Å². The molecule has 0 saturated heterocycles. The fourth-order valence-electron chi connectivity index (χ4n) is 1.77. The van der Waals surface area contributed by atoms with Crippen molar-refractivity contribution in [1.82, 2.24) is 5.32 Å². The van der Waals surface area contributed by atoms with E-state index in [9.17, 15) is 12.8 Å². The maximum Gasteiger partial charge on any atom is 0.263 e. The first-order valence-corrected chi connectivity index (χ1v) is 8.41. The predicted molar refractivity (Wildman–Crippen MR) is 80.8 cm³/mol. The van der Waals surface area contributed by atoms with Gasteiger partial charge in [0.15, 0.2) is 0 Å². The number of methoxy groups -OCH3 is 1. The second kappa shape index (κ2) is 6.42. The molecule has 0 bridgehead atoms. The lowest BCUT2D eigenvalue weighted by Crippen LogP contribution is -2.16. The Kier molecular flexibility index (Phi) is 4.81. The Balaban J connectivity index is 2.35. The number of ether oxygens (including phenoxy) is 1. The van der Waals surface area contributed by atoms with Gasteiger partial charge in [-0.15, -0.1) is 11.3 Å². The molecule has 1 heterocycles. The Hall–Kier alpha value is -1.64. The zero-order chi connectivity index (χ0) is 15.5. The Bertz CT molecular complexity index is 729. The lowest BCUT2D eigenvalue weighted by Gasteiger charge is -2.10. The summed E-state index contributed by atoms with van der Waals surface area (Å²) in [5, 5.41) is 4.58. The molecule has 1 aromatic heterocycles. The molecule has 1 aromatic carbocycles. The zero-order valence-electron chi connectivity index (χ0n) is 11.5. The molecule has 0 aliphatic carbocycles. The van der Waals surface area contributed by atoms with Gasteiger partial charge in [-0.2, -0.15) is 0 Å². The summed E-state index contributed by atoms with van der Waals surface area (Å²) >= 11 is 1.32. The van der Waals surface area contributed by atoms with Crippen molar-refractivity contribution >= 4 is 27.0 Å². The molecule has 5 nitrogen and oxygen atoms in total. The molecule has 0 saturated carbocycles. The molecule has 2 rings (SSSR count). The number of benzene rings is 1. The summed E-state index contributed by atoms with van der Waals surface area (Å²) in [6.07, 6.45) is 0. The monoisotopic (exact) mass is 330 g/mol. The van der Waals surface area contributed by atoms with Crippen LogP contribution in [-0.4, -0.2) is 22.6 Å². The van der Waals surface area contributed by atoms with Crippen molar-refractivity contribution in [2.24, 2.45) is 0 Å². The van der Waals surface area contributed by atoms with Gasteiger partial charge in [-0.05, 0) is 30.6 Å². The van der Waals surface area contributed by atoms with Gasteiger partial charge < -0.3 is 10.1 Å². The molecule has 114 valence electrons. The standard InChI is InChI=1S/C13H15FN2O3S2/c1-15-8-12-13(5-6-20-12)21(17,18)16-11-7-9(19-2)3-4-10(11)14/h3-7,15-16H,8H2,1-2H3. The van der Waals surface area contributed by atoms with Crippen molar-refractivity contribution < 1.29 is 17.5 Å². The highest BCUT2D eigenvalue weighted by Crippen LogP contribution is 2.27. The van der Waals surface area contributed by atoms with Crippen LogP contribution < -0.4 is 14.8 Å². The van der Waals surface area contributed by atoms with E-state index in [0.29, 0.717) is 17.2 Å². The molecule has 0 atom stereocenters. The first kappa shape index (κ1) is 15.7. The Morgan fingerprint density at radius 3 is 2.76 bits per heavy atom. The maximum atomic E-state index is 13.7. The summed E-state index contributed by atoms with van der Waals surface area (Å²) in [6, 6.07) is 5.37. The molecular weight excluding hydrogens is 315 g/mol. The van der Waals surface area contributed by atoms with Crippen LogP contribution in [0, 0.1) is 5.82 Å². The summed E-state index contributed by atoms with van der Waals surface area (Å²) < 4.78 is 45.7. The van der Waals surface area contributed by atoms with E-state index >= 15 is 0 Å². The molecule has 0 unspecified atom stereocenters. The number of hydrogen-bond acceptors (Lipinski definition) is 5. The van der Waals surface area contributed by atoms with Crippen LogP contribution in [0.3, 0.4) is 0 Å². The molecule has 0 aliphatic heterocycles. The van der Waals surface area contributed by atoms with Crippen LogP contribution in [0.15, 0.2) is 34.5 Å². The Morgan fingerprint density at radius 2 is 2.10 bits per heavy atom. The van der Waals surface area contributed by atoms with Crippen molar-refractivity contribution in [3.8, 4) is 5.75 Å². The van der Waals surface area contributed by atoms with Crippen LogP contribution in [0.25, 0.3) is 0 Å². The van der Waals surface area contributed by atoms with Crippen LogP contribution in [0.2, 0.25) is 0 Å². The molecule has 2 N–H and O–H groups in total. The second-order valence-electron chi connectivity index (χ2n) is 4.19. The molecule has 21 heavy (non-hydrogen) atoms. The molecule has 8 heteroatoms. The molecule has 2 aromatic rings. The van der Waals surface area contributed by atoms with Gasteiger partial charge in [0.25, 0.3) is 10.0 Å². The lowest BCUT2D eigenvalue weighted by molar-refractivity contribution is 0.414. The first-order chi connectivity index (χ1) is 9.97. The van der Waals surface area contributed by atoms with Gasteiger partial charge >= 0.3 is 0 Å². The van der Waals surface area contributed by atoms with Crippen molar-refractivity contribution in [3.63, 3.8) is 0 Å². The van der Waals surface area contributed by atoms with Crippen molar-refractivity contribution in [2.75, 3.05) is 18.9 Å². The highest BCUT2D eigenvalue weighted by molar-refractivity contribution is 7.93. The normalized spacial score (nSPS) is 11.4. The smallest absolute Gasteiger partial charge is 0.263 e. The number of halogens is 1. The van der Waals surface area contributed by atoms with E-state index in [1.807, 2.05) is 0 Å². The van der Waals surface area contributed by atoms with Gasteiger partial charge in [-0.25, -0.2) is 12.8 Å². The van der Waals surface area contributed by atoms with Gasteiger partial charge in [0, 0.05) is 17.5 Å². The minimum absolute atomic E-state index is 0.143. The third-order valence-electron chi connectivity index (χ3n) is 2.75. The minimum Gasteiger partial charge on any atom is -0.497 e. The fourth-order valence-corrected chi connectivity index (χ4v) is 4.28. The number of rotatable bonds is 6. The van der Waals surface area contributed by atoms with Crippen LogP contribution in [-0.2, 0) is 16.6 Å². The quantitative estimate of drug-likeness (QED) is 0.853. The zero-order valence-corrected chi connectivity index (χ0v) is 13.1. The predicted octanol–water partition coefficient (Wildman–Crippen LogP) is 2.42. The number of thiophene rings is 1. The van der Waals surface area contributed by atoms with Gasteiger partial charge in [0.2, 0.25) is 0 Å². The van der Waals surface area contributed by atoms with Crippen LogP contribution >= 0.6 is 11.3 Å². The van der Waals surface area contributed by atoms with E-state index in [1.54, 1.807) is 12.4 Å². The average Bonchev–Trinajstić information content (AvgIpc) is 2.91. The summed E-state index contributed by atoms with van der Waals surface area (Å²) in [4.78, 5) is 0.803. The maximum absolute atomic E-state index is 13.7. The third-order valence-corrected chi connectivity index (χ3v) is 5.25. The Labute approximate surface area is 126 Å². The summed E-state index contributed by atoms with van der Waals surface area (Å²) in [5.41, 5.74) is -0.143. The molecule has 0 aliphatic rings. The summed E-state index contributed by atoms with van der Waals surface area (Å²) in [7, 11) is -0.692. The van der Waals surface area contributed by atoms with E-state index < -0.39 is 15.8 Å². The molecule has 0 fully saturated rings.